The van der Waals surface area contributed by atoms with Crippen LogP contribution in [0, 0.1) is 0 Å². The molecule has 3 rings (SSSR count). The van der Waals surface area contributed by atoms with Gasteiger partial charge in [-0.05, 0) is 30.4 Å². The van der Waals surface area contributed by atoms with Crippen LogP contribution in [0.4, 0.5) is 0 Å². The van der Waals surface area contributed by atoms with Crippen LogP contribution >= 0.6 is 0 Å². The molecular weight excluding hydrogens is 290 g/mol. The summed E-state index contributed by atoms with van der Waals surface area (Å²) in [6, 6.07) is 10.5. The molecule has 2 atom stereocenters. The summed E-state index contributed by atoms with van der Waals surface area (Å²) in [7, 11) is 0. The van der Waals surface area contributed by atoms with Crippen molar-refractivity contribution < 1.29 is 14.6 Å². The van der Waals surface area contributed by atoms with E-state index in [1.165, 1.54) is 11.1 Å². The molecule has 0 amide bonds. The lowest BCUT2D eigenvalue weighted by molar-refractivity contribution is -0.0244. The topological polar surface area (TPSA) is 41.9 Å². The number of hydrogen-bond acceptors (Lipinski definition) is 4. The Labute approximate surface area is 138 Å². The molecule has 1 aromatic rings. The van der Waals surface area contributed by atoms with Crippen molar-refractivity contribution in [2.75, 3.05) is 39.5 Å². The van der Waals surface area contributed by atoms with Gasteiger partial charge in [0.15, 0.2) is 0 Å². The molecule has 2 heterocycles. The Balaban J connectivity index is 1.37. The lowest BCUT2D eigenvalue weighted by atomic mass is 9.99. The van der Waals surface area contributed by atoms with Gasteiger partial charge in [0.2, 0.25) is 0 Å². The van der Waals surface area contributed by atoms with Crippen LogP contribution in [0.3, 0.4) is 0 Å². The molecule has 0 spiro atoms. The van der Waals surface area contributed by atoms with Crippen LogP contribution in [0.1, 0.15) is 24.8 Å². The van der Waals surface area contributed by atoms with Gasteiger partial charge in [0.05, 0.1) is 25.4 Å². The third-order valence-electron chi connectivity index (χ3n) is 4.54. The summed E-state index contributed by atoms with van der Waals surface area (Å²) in [6.07, 6.45) is 5.32. The van der Waals surface area contributed by atoms with Crippen molar-refractivity contribution >= 4 is 5.57 Å². The van der Waals surface area contributed by atoms with Crippen LogP contribution in [0.2, 0.25) is 0 Å². The highest BCUT2D eigenvalue weighted by Crippen LogP contribution is 2.22. The van der Waals surface area contributed by atoms with Crippen molar-refractivity contribution in [3.63, 3.8) is 0 Å². The Bertz CT molecular complexity index is 497. The molecule has 4 heteroatoms. The van der Waals surface area contributed by atoms with Crippen LogP contribution < -0.4 is 0 Å². The zero-order valence-electron chi connectivity index (χ0n) is 13.7. The highest BCUT2D eigenvalue weighted by Gasteiger charge is 2.18. The van der Waals surface area contributed by atoms with Crippen LogP contribution in [0.5, 0.6) is 0 Å². The number of ether oxygens (including phenoxy) is 2. The molecule has 1 fully saturated rings. The fourth-order valence-electron chi connectivity index (χ4n) is 3.25. The molecule has 0 unspecified atom stereocenters. The van der Waals surface area contributed by atoms with Gasteiger partial charge >= 0.3 is 0 Å². The van der Waals surface area contributed by atoms with E-state index in [0.29, 0.717) is 19.8 Å². The molecule has 0 aliphatic carbocycles. The number of aliphatic hydroxyl groups excluding tert-OH is 1. The van der Waals surface area contributed by atoms with Crippen LogP contribution in [-0.4, -0.2) is 61.7 Å². The molecule has 126 valence electrons. The van der Waals surface area contributed by atoms with Crippen LogP contribution in [-0.2, 0) is 9.47 Å². The highest BCUT2D eigenvalue weighted by atomic mass is 16.5. The van der Waals surface area contributed by atoms with Gasteiger partial charge in [-0.1, -0.05) is 36.4 Å². The second kappa shape index (κ2) is 8.60. The van der Waals surface area contributed by atoms with Crippen molar-refractivity contribution in [2.24, 2.45) is 0 Å². The summed E-state index contributed by atoms with van der Waals surface area (Å²) in [5.74, 6) is 0. The molecule has 23 heavy (non-hydrogen) atoms. The third kappa shape index (κ3) is 5.15. The predicted octanol–water partition coefficient (Wildman–Crippen LogP) is 2.33. The van der Waals surface area contributed by atoms with Crippen LogP contribution in [0.25, 0.3) is 5.57 Å². The highest BCUT2D eigenvalue weighted by molar-refractivity contribution is 5.66. The number of hydrogen-bond donors (Lipinski definition) is 1. The van der Waals surface area contributed by atoms with Crippen molar-refractivity contribution in [1.29, 1.82) is 0 Å². The molecule has 0 radical (unpaired) electrons. The normalized spacial score (nSPS) is 23.7. The van der Waals surface area contributed by atoms with Crippen molar-refractivity contribution in [1.82, 2.24) is 4.90 Å². The maximum absolute atomic E-state index is 10.1. The Kier molecular flexibility index (Phi) is 6.22. The van der Waals surface area contributed by atoms with Gasteiger partial charge < -0.3 is 14.6 Å². The lowest BCUT2D eigenvalue weighted by Gasteiger charge is -2.28. The Hall–Kier alpha value is -1.20. The summed E-state index contributed by atoms with van der Waals surface area (Å²) in [5, 5.41) is 10.1. The van der Waals surface area contributed by atoms with Gasteiger partial charge in [-0.2, -0.15) is 0 Å². The molecule has 0 bridgehead atoms. The zero-order valence-corrected chi connectivity index (χ0v) is 13.7. The van der Waals surface area contributed by atoms with E-state index >= 15 is 0 Å². The van der Waals surface area contributed by atoms with E-state index in [1.54, 1.807) is 0 Å². The Morgan fingerprint density at radius 1 is 1.30 bits per heavy atom. The Morgan fingerprint density at radius 3 is 2.87 bits per heavy atom. The van der Waals surface area contributed by atoms with E-state index in [1.807, 2.05) is 6.07 Å². The molecule has 1 saturated heterocycles. The van der Waals surface area contributed by atoms with Crippen molar-refractivity contribution in [3.8, 4) is 0 Å². The first-order valence-electron chi connectivity index (χ1n) is 8.65. The molecule has 2 aliphatic rings. The minimum Gasteiger partial charge on any atom is -0.389 e. The molecular formula is C19H27NO3. The average molecular weight is 317 g/mol. The first-order valence-corrected chi connectivity index (χ1v) is 8.65. The van der Waals surface area contributed by atoms with Crippen molar-refractivity contribution in [2.45, 2.75) is 31.5 Å². The summed E-state index contributed by atoms with van der Waals surface area (Å²) in [6.45, 7) is 4.40. The number of nitrogens with zero attached hydrogens (tertiary/aromatic N) is 1. The van der Waals surface area contributed by atoms with Gasteiger partial charge in [-0.25, -0.2) is 0 Å². The number of benzene rings is 1. The van der Waals surface area contributed by atoms with Crippen LogP contribution in [0.15, 0.2) is 36.4 Å². The standard InChI is InChI=1S/C19H27NO3/c21-18(14-22-15-19-7-4-12-23-19)13-20-10-8-17(9-11-20)16-5-2-1-3-6-16/h1-3,5-6,8,18-19,21H,4,7,9-15H2/t18-,19-/m0/s1. The summed E-state index contributed by atoms with van der Waals surface area (Å²) in [4.78, 5) is 2.28. The van der Waals surface area contributed by atoms with Gasteiger partial charge in [0.1, 0.15) is 0 Å². The van der Waals surface area contributed by atoms with E-state index in [4.69, 9.17) is 9.47 Å². The minimum absolute atomic E-state index is 0.230. The summed E-state index contributed by atoms with van der Waals surface area (Å²) < 4.78 is 11.1. The summed E-state index contributed by atoms with van der Waals surface area (Å²) >= 11 is 0. The molecule has 2 aliphatic heterocycles. The van der Waals surface area contributed by atoms with E-state index in [0.717, 1.165) is 39.0 Å². The average Bonchev–Trinajstić information content (AvgIpc) is 3.10. The zero-order chi connectivity index (χ0) is 15.9. The second-order valence-corrected chi connectivity index (χ2v) is 6.43. The number of β-amino-alcohol motifs (C(OH)–C–C–N with tert-alkyl or cyclic N) is 1. The lowest BCUT2D eigenvalue weighted by Crippen LogP contribution is -2.37. The van der Waals surface area contributed by atoms with Gasteiger partial charge in [0, 0.05) is 26.2 Å². The first kappa shape index (κ1) is 16.7. The minimum atomic E-state index is -0.428. The van der Waals surface area contributed by atoms with E-state index < -0.39 is 6.10 Å². The monoisotopic (exact) mass is 317 g/mol. The van der Waals surface area contributed by atoms with Gasteiger partial charge in [-0.3, -0.25) is 4.90 Å². The first-order chi connectivity index (χ1) is 11.3. The smallest absolute Gasteiger partial charge is 0.0900 e. The summed E-state index contributed by atoms with van der Waals surface area (Å²) in [5.41, 5.74) is 2.72. The number of rotatable bonds is 7. The maximum Gasteiger partial charge on any atom is 0.0900 e. The largest absolute Gasteiger partial charge is 0.389 e. The molecule has 0 saturated carbocycles. The fraction of sp³-hybridized carbons (Fsp3) is 0.579. The Morgan fingerprint density at radius 2 is 2.17 bits per heavy atom. The van der Waals surface area contributed by atoms with Crippen molar-refractivity contribution in [3.05, 3.63) is 42.0 Å². The van der Waals surface area contributed by atoms with Gasteiger partial charge in [0.25, 0.3) is 0 Å². The predicted molar refractivity (Wildman–Crippen MR) is 91.3 cm³/mol. The van der Waals surface area contributed by atoms with E-state index in [2.05, 4.69) is 35.2 Å². The number of aliphatic hydroxyl groups is 1. The third-order valence-corrected chi connectivity index (χ3v) is 4.54. The molecule has 0 aromatic heterocycles. The van der Waals surface area contributed by atoms with E-state index in [-0.39, 0.29) is 6.10 Å². The quantitative estimate of drug-likeness (QED) is 0.838. The fourth-order valence-corrected chi connectivity index (χ4v) is 3.25. The molecule has 1 N–H and O–H groups in total. The molecule has 4 nitrogen and oxygen atoms in total. The van der Waals surface area contributed by atoms with Gasteiger partial charge in [-0.15, -0.1) is 0 Å². The SMILES string of the molecule is O[C@H](COC[C@@H]1CCCO1)CN1CC=C(c2ccccc2)CC1. The maximum atomic E-state index is 10.1. The van der Waals surface area contributed by atoms with E-state index in [9.17, 15) is 5.11 Å². The molecule has 1 aromatic carbocycles. The second-order valence-electron chi connectivity index (χ2n) is 6.43.